The number of rotatable bonds is 7. The van der Waals surface area contributed by atoms with E-state index in [4.69, 9.17) is 15.8 Å². The van der Waals surface area contributed by atoms with Gasteiger partial charge in [0.15, 0.2) is 17.5 Å². The number of aromatic carboxylic acids is 1. The lowest BCUT2D eigenvalue weighted by molar-refractivity contribution is 0.0696. The van der Waals surface area contributed by atoms with Crippen LogP contribution in [0.3, 0.4) is 0 Å². The maximum atomic E-state index is 13.7. The molecule has 0 spiro atoms. The van der Waals surface area contributed by atoms with E-state index in [1.165, 1.54) is 12.3 Å². The first-order valence-corrected chi connectivity index (χ1v) is 14.6. The molecule has 218 valence electrons. The maximum Gasteiger partial charge on any atom is 0.338 e. The number of nitrogens with two attached hydrogens (primary N) is 1. The number of carbonyl (C=O) groups is 2. The van der Waals surface area contributed by atoms with Gasteiger partial charge >= 0.3 is 5.97 Å². The average Bonchev–Trinajstić information content (AvgIpc) is 3.32. The molecule has 3 N–H and O–H groups in total. The molecular formula is C29H28BrF2N7O3. The van der Waals surface area contributed by atoms with Gasteiger partial charge in [-0.1, -0.05) is 6.07 Å². The van der Waals surface area contributed by atoms with Crippen molar-refractivity contribution in [2.45, 2.75) is 32.1 Å². The number of hydrogen-bond donors (Lipinski definition) is 2. The Kier molecular flexibility index (Phi) is 7.62. The van der Waals surface area contributed by atoms with Gasteiger partial charge in [-0.2, -0.15) is 4.79 Å². The van der Waals surface area contributed by atoms with Crippen LogP contribution in [-0.2, 0) is 19.3 Å². The molecule has 6 rings (SSSR count). The fourth-order valence-electron chi connectivity index (χ4n) is 5.93. The van der Waals surface area contributed by atoms with E-state index in [1.54, 1.807) is 16.9 Å². The van der Waals surface area contributed by atoms with Gasteiger partial charge in [-0.05, 0) is 82.9 Å². The van der Waals surface area contributed by atoms with Crippen LogP contribution in [0.5, 0.6) is 0 Å². The quantitative estimate of drug-likeness (QED) is 0.313. The molecule has 0 atom stereocenters. The summed E-state index contributed by atoms with van der Waals surface area (Å²) < 4.78 is 27.6. The summed E-state index contributed by atoms with van der Waals surface area (Å²) in [6, 6.07) is 5.63. The zero-order valence-corrected chi connectivity index (χ0v) is 24.2. The largest absolute Gasteiger partial charge is 0.478 e. The molecule has 13 heteroatoms. The number of halogens is 3. The molecule has 1 fully saturated rings. The highest BCUT2D eigenvalue weighted by Gasteiger charge is 2.35. The first-order valence-electron chi connectivity index (χ1n) is 13.8. The highest BCUT2D eigenvalue weighted by molar-refractivity contribution is 9.10. The molecule has 0 saturated carbocycles. The lowest BCUT2D eigenvalue weighted by atomic mass is 9.93. The van der Waals surface area contributed by atoms with Crippen LogP contribution in [0, 0.1) is 11.6 Å². The van der Waals surface area contributed by atoms with Crippen LogP contribution in [0.2, 0.25) is 0 Å². The van der Waals surface area contributed by atoms with Crippen molar-refractivity contribution in [2.75, 3.05) is 37.7 Å². The van der Waals surface area contributed by atoms with Crippen LogP contribution >= 0.6 is 15.9 Å². The number of aromatic nitrogens is 4. The van der Waals surface area contributed by atoms with Crippen molar-refractivity contribution in [3.8, 4) is 22.8 Å². The van der Waals surface area contributed by atoms with E-state index in [0.717, 1.165) is 42.0 Å². The predicted octanol–water partition coefficient (Wildman–Crippen LogP) is 3.66. The topological polar surface area (TPSA) is 130 Å². The van der Waals surface area contributed by atoms with E-state index in [0.29, 0.717) is 67.0 Å². The molecule has 3 heterocycles. The molecule has 1 amide bonds. The van der Waals surface area contributed by atoms with Crippen LogP contribution in [0.15, 0.2) is 34.9 Å². The number of fused-ring (bicyclic) bond motifs is 3. The molecule has 1 saturated heterocycles. The summed E-state index contributed by atoms with van der Waals surface area (Å²) in [6.07, 6.45) is 5.23. The predicted molar refractivity (Wildman–Crippen MR) is 154 cm³/mol. The number of primary amides is 1. The summed E-state index contributed by atoms with van der Waals surface area (Å²) in [5.74, 6) is -3.36. The molecule has 0 radical (unpaired) electrons. The number of carboxylic acids is 1. The summed E-state index contributed by atoms with van der Waals surface area (Å²) >= 11 is 3.39. The molecule has 1 aromatic heterocycles. The number of pyridine rings is 1. The Morgan fingerprint density at radius 3 is 2.45 bits per heavy atom. The van der Waals surface area contributed by atoms with Gasteiger partial charge in [0.05, 0.1) is 11.1 Å². The van der Waals surface area contributed by atoms with Gasteiger partial charge < -0.3 is 10.8 Å². The van der Waals surface area contributed by atoms with Crippen LogP contribution < -0.4 is 10.7 Å². The van der Waals surface area contributed by atoms with Crippen molar-refractivity contribution >= 4 is 27.8 Å². The third-order valence-corrected chi connectivity index (χ3v) is 8.42. The molecule has 10 nitrogen and oxygen atoms in total. The number of carboxylic acid groups (broad SMARTS) is 1. The third-order valence-electron chi connectivity index (χ3n) is 7.98. The Bertz CT molecular complexity index is 1670. The van der Waals surface area contributed by atoms with Gasteiger partial charge in [0.2, 0.25) is 0 Å². The van der Waals surface area contributed by atoms with Crippen LogP contribution in [0.25, 0.3) is 22.8 Å². The normalized spacial score (nSPS) is 15.6. The first kappa shape index (κ1) is 28.2. The number of piperazine rings is 1. The number of amides is 1. The fourth-order valence-corrected chi connectivity index (χ4v) is 6.26. The fraction of sp³-hybridized carbons (Fsp3) is 0.345. The van der Waals surface area contributed by atoms with E-state index in [2.05, 4.69) is 30.8 Å². The highest BCUT2D eigenvalue weighted by atomic mass is 79.9. The smallest absolute Gasteiger partial charge is 0.338 e. The van der Waals surface area contributed by atoms with E-state index in [9.17, 15) is 23.5 Å². The molecule has 2 aromatic rings. The first-order chi connectivity index (χ1) is 20.2. The minimum absolute atomic E-state index is 0.0145. The number of benzene rings is 1. The highest BCUT2D eigenvalue weighted by Crippen LogP contribution is 2.41. The van der Waals surface area contributed by atoms with E-state index >= 15 is 0 Å². The van der Waals surface area contributed by atoms with Crippen molar-refractivity contribution in [1.82, 2.24) is 24.8 Å². The van der Waals surface area contributed by atoms with Crippen LogP contribution in [0.4, 0.5) is 8.78 Å². The van der Waals surface area contributed by atoms with Gasteiger partial charge in [0.25, 0.3) is 5.91 Å². The van der Waals surface area contributed by atoms with Crippen molar-refractivity contribution in [1.29, 1.82) is 0 Å². The number of nitrogens with zero attached hydrogens (tertiary/aromatic N) is 6. The summed E-state index contributed by atoms with van der Waals surface area (Å²) in [5.41, 5.74) is 9.55. The van der Waals surface area contributed by atoms with Crippen molar-refractivity contribution < 1.29 is 23.5 Å². The standard InChI is InChI=1S/C29H28BrF2N7O3/c30-17-14-20(24(27(33)40)34-15-17)28-35-25-23(29(41)42)18-3-1-2-4-19(18)26(25)39(36-28)38-11-9-37(10-12-38)8-7-16-5-6-21(31)22(32)13-16/h5-6,13-15H,1-4,7-12H2,(H2,33,40)(H,41,42). The van der Waals surface area contributed by atoms with E-state index in [-0.39, 0.29) is 17.1 Å². The molecule has 2 aliphatic carbocycles. The van der Waals surface area contributed by atoms with E-state index < -0.39 is 23.5 Å². The van der Waals surface area contributed by atoms with Crippen molar-refractivity contribution in [2.24, 2.45) is 5.73 Å². The Hall–Kier alpha value is -3.97. The lowest BCUT2D eigenvalue weighted by Gasteiger charge is -2.37. The maximum absolute atomic E-state index is 13.7. The zero-order valence-electron chi connectivity index (χ0n) is 22.6. The van der Waals surface area contributed by atoms with Crippen LogP contribution in [0.1, 0.15) is 50.4 Å². The zero-order chi connectivity index (χ0) is 29.5. The average molecular weight is 640 g/mol. The SMILES string of the molecule is NC(=O)c1ncc(Br)cc1-c1nc2c(C(=O)O)c3c(c-2n(N2CCN(CCc4ccc(F)c(F)c4)CC2)n1)CCCC3. The molecule has 42 heavy (non-hydrogen) atoms. The van der Waals surface area contributed by atoms with Crippen LogP contribution in [-0.4, -0.2) is 74.5 Å². The summed E-state index contributed by atoms with van der Waals surface area (Å²) in [5, 5.41) is 17.2. The second-order valence-electron chi connectivity index (χ2n) is 10.6. The van der Waals surface area contributed by atoms with Gasteiger partial charge in [0.1, 0.15) is 17.1 Å². The lowest BCUT2D eigenvalue weighted by Crippen LogP contribution is -2.52. The Morgan fingerprint density at radius 2 is 1.76 bits per heavy atom. The second-order valence-corrected chi connectivity index (χ2v) is 11.5. The minimum Gasteiger partial charge on any atom is -0.478 e. The molecule has 0 unspecified atom stereocenters. The van der Waals surface area contributed by atoms with Gasteiger partial charge in [-0.25, -0.2) is 23.5 Å². The Labute approximate surface area is 248 Å². The van der Waals surface area contributed by atoms with Gasteiger partial charge in [-0.15, -0.1) is 5.10 Å². The van der Waals surface area contributed by atoms with Gasteiger partial charge in [-0.3, -0.25) is 14.7 Å². The molecule has 2 aliphatic heterocycles. The monoisotopic (exact) mass is 639 g/mol. The van der Waals surface area contributed by atoms with E-state index in [1.807, 2.05) is 0 Å². The van der Waals surface area contributed by atoms with Crippen molar-refractivity contribution in [3.63, 3.8) is 0 Å². The molecule has 4 aliphatic rings. The third kappa shape index (κ3) is 5.22. The minimum atomic E-state index is -1.05. The van der Waals surface area contributed by atoms with Gasteiger partial charge in [0, 0.05) is 43.4 Å². The number of hydrogen-bond acceptors (Lipinski definition) is 7. The Balaban J connectivity index is 1.37. The van der Waals surface area contributed by atoms with Crippen molar-refractivity contribution in [3.05, 3.63) is 74.5 Å². The second kappa shape index (κ2) is 11.4. The summed E-state index contributed by atoms with van der Waals surface area (Å²) in [7, 11) is 0. The Morgan fingerprint density at radius 1 is 1.02 bits per heavy atom. The summed E-state index contributed by atoms with van der Waals surface area (Å²) in [6.45, 7) is 3.19. The number of carbonyl (C=O) groups excluding carboxylic acids is 1. The molecular weight excluding hydrogens is 612 g/mol. The molecule has 1 aromatic carbocycles. The molecule has 0 bridgehead atoms. The summed E-state index contributed by atoms with van der Waals surface area (Å²) in [4.78, 5) is 37.7.